The highest BCUT2D eigenvalue weighted by Gasteiger charge is 2.39. The van der Waals surface area contributed by atoms with Crippen molar-refractivity contribution in [3.05, 3.63) is 79.9 Å². The molecule has 8 heteroatoms. The molecule has 0 amide bonds. The normalized spacial score (nSPS) is 22.5. The van der Waals surface area contributed by atoms with Crippen LogP contribution in [0.3, 0.4) is 0 Å². The maximum absolute atomic E-state index is 11.4. The maximum Gasteiger partial charge on any atom is 0.311 e. The highest BCUT2D eigenvalue weighted by atomic mass is 16.6. The van der Waals surface area contributed by atoms with Crippen molar-refractivity contribution < 1.29 is 14.6 Å². The highest BCUT2D eigenvalue weighted by Crippen LogP contribution is 2.51. The summed E-state index contributed by atoms with van der Waals surface area (Å²) in [6.07, 6.45) is 4.93. The number of methoxy groups -OCH3 is 1. The summed E-state index contributed by atoms with van der Waals surface area (Å²) in [5, 5.41) is 25.9. The molecule has 1 N–H and O–H groups in total. The Balaban J connectivity index is 1.77. The molecule has 8 nitrogen and oxygen atoms in total. The average molecular weight is 367 g/mol. The molecule has 4 rings (SSSR count). The van der Waals surface area contributed by atoms with Gasteiger partial charge in [0.2, 0.25) is 0 Å². The number of nitrogens with one attached hydrogen (secondary N) is 1. The van der Waals surface area contributed by atoms with E-state index in [0.717, 1.165) is 23.2 Å². The van der Waals surface area contributed by atoms with Gasteiger partial charge in [-0.05, 0) is 35.6 Å². The molecule has 0 bridgehead atoms. The molecule has 2 aliphatic rings. The van der Waals surface area contributed by atoms with Gasteiger partial charge in [-0.25, -0.2) is 0 Å². The average Bonchev–Trinajstić information content (AvgIpc) is 3.16. The molecule has 0 spiro atoms. The fourth-order valence-corrected chi connectivity index (χ4v) is 4.07. The summed E-state index contributed by atoms with van der Waals surface area (Å²) in [4.78, 5) is 21.6. The molecule has 0 saturated heterocycles. The van der Waals surface area contributed by atoms with Gasteiger partial charge in [-0.15, -0.1) is 0 Å². The summed E-state index contributed by atoms with van der Waals surface area (Å²) in [5.74, 6) is 0.386. The van der Waals surface area contributed by atoms with Gasteiger partial charge in [-0.1, -0.05) is 18.2 Å². The molecule has 0 fully saturated rings. The van der Waals surface area contributed by atoms with Gasteiger partial charge in [-0.2, -0.15) is 0 Å². The quantitative estimate of drug-likeness (QED) is 0.489. The van der Waals surface area contributed by atoms with E-state index >= 15 is 0 Å². The Morgan fingerprint density at radius 3 is 2.63 bits per heavy atom. The van der Waals surface area contributed by atoms with Crippen LogP contribution >= 0.6 is 0 Å². The van der Waals surface area contributed by atoms with Crippen LogP contribution in [-0.2, 0) is 0 Å². The first-order valence-electron chi connectivity index (χ1n) is 8.53. The SMILES string of the molecule is COc1ccc([C@H]2Nc3ccc([N+](=O)[O-])cc3[C@H]3C=CC[C@@H]32)cc1[N+](=O)[O-]. The van der Waals surface area contributed by atoms with E-state index in [4.69, 9.17) is 4.74 Å². The van der Waals surface area contributed by atoms with Crippen molar-refractivity contribution in [1.29, 1.82) is 0 Å². The fourth-order valence-electron chi connectivity index (χ4n) is 4.07. The van der Waals surface area contributed by atoms with Crippen LogP contribution in [0.15, 0.2) is 48.6 Å². The Hall–Kier alpha value is -3.42. The fraction of sp³-hybridized carbons (Fsp3) is 0.263. The molecular weight excluding hydrogens is 350 g/mol. The third-order valence-electron chi connectivity index (χ3n) is 5.32. The minimum absolute atomic E-state index is 0.0345. The first-order chi connectivity index (χ1) is 13.0. The predicted molar refractivity (Wildman–Crippen MR) is 99.1 cm³/mol. The summed E-state index contributed by atoms with van der Waals surface area (Å²) in [6.45, 7) is 0. The van der Waals surface area contributed by atoms with E-state index in [2.05, 4.69) is 17.5 Å². The number of hydrogen-bond acceptors (Lipinski definition) is 6. The van der Waals surface area contributed by atoms with Crippen molar-refractivity contribution in [2.75, 3.05) is 12.4 Å². The van der Waals surface area contributed by atoms with Crippen LogP contribution in [0.1, 0.15) is 29.5 Å². The molecule has 3 atom stereocenters. The molecule has 27 heavy (non-hydrogen) atoms. The van der Waals surface area contributed by atoms with Crippen molar-refractivity contribution in [3.63, 3.8) is 0 Å². The number of fused-ring (bicyclic) bond motifs is 3. The molecule has 0 unspecified atom stereocenters. The number of allylic oxidation sites excluding steroid dienone is 2. The second kappa shape index (κ2) is 6.39. The Morgan fingerprint density at radius 2 is 1.93 bits per heavy atom. The zero-order valence-electron chi connectivity index (χ0n) is 14.5. The van der Waals surface area contributed by atoms with E-state index in [-0.39, 0.29) is 35.0 Å². The second-order valence-electron chi connectivity index (χ2n) is 6.69. The van der Waals surface area contributed by atoms with Gasteiger partial charge < -0.3 is 10.1 Å². The Labute approximate surface area is 154 Å². The second-order valence-corrected chi connectivity index (χ2v) is 6.69. The zero-order valence-corrected chi connectivity index (χ0v) is 14.5. The van der Waals surface area contributed by atoms with Crippen molar-refractivity contribution >= 4 is 17.1 Å². The summed E-state index contributed by atoms with van der Waals surface area (Å²) in [6, 6.07) is 9.64. The summed E-state index contributed by atoms with van der Waals surface area (Å²) >= 11 is 0. The number of hydrogen-bond donors (Lipinski definition) is 1. The van der Waals surface area contributed by atoms with Crippen LogP contribution in [0.25, 0.3) is 0 Å². The monoisotopic (exact) mass is 367 g/mol. The molecule has 1 aliphatic carbocycles. The molecule has 0 saturated carbocycles. The Bertz CT molecular complexity index is 972. The Morgan fingerprint density at radius 1 is 1.11 bits per heavy atom. The number of anilines is 1. The first-order valence-corrected chi connectivity index (χ1v) is 8.53. The molecule has 1 heterocycles. The number of nitro groups is 2. The van der Waals surface area contributed by atoms with Crippen LogP contribution < -0.4 is 10.1 Å². The number of rotatable bonds is 4. The maximum atomic E-state index is 11.4. The van der Waals surface area contributed by atoms with Crippen LogP contribution in [-0.4, -0.2) is 17.0 Å². The van der Waals surface area contributed by atoms with Crippen molar-refractivity contribution in [2.24, 2.45) is 5.92 Å². The summed E-state index contributed by atoms with van der Waals surface area (Å²) in [5.41, 5.74) is 2.49. The highest BCUT2D eigenvalue weighted by molar-refractivity contribution is 5.63. The standard InChI is InChI=1S/C19H17N3O5/c1-27-18-8-5-11(9-17(18)22(25)26)19-14-4-2-3-13(14)15-10-12(21(23)24)6-7-16(15)20-19/h2-3,5-10,13-14,19-20H,4H2,1H3/t13-,14-,19+/m0/s1. The topological polar surface area (TPSA) is 108 Å². The molecule has 0 radical (unpaired) electrons. The van der Waals surface area contributed by atoms with Crippen LogP contribution in [0, 0.1) is 26.1 Å². The lowest BCUT2D eigenvalue weighted by molar-refractivity contribution is -0.385. The van der Waals surface area contributed by atoms with Gasteiger partial charge >= 0.3 is 5.69 Å². The van der Waals surface area contributed by atoms with Crippen LogP contribution in [0.2, 0.25) is 0 Å². The van der Waals surface area contributed by atoms with Gasteiger partial charge in [0.1, 0.15) is 0 Å². The smallest absolute Gasteiger partial charge is 0.311 e. The number of non-ortho nitro benzene ring substituents is 1. The molecule has 1 aliphatic heterocycles. The molecule has 2 aromatic carbocycles. The first kappa shape index (κ1) is 17.0. The minimum Gasteiger partial charge on any atom is -0.490 e. The van der Waals surface area contributed by atoms with Crippen molar-refractivity contribution in [2.45, 2.75) is 18.4 Å². The molecule has 138 valence electrons. The summed E-state index contributed by atoms with van der Waals surface area (Å²) < 4.78 is 5.09. The van der Waals surface area contributed by atoms with Crippen molar-refractivity contribution in [1.82, 2.24) is 0 Å². The molecular formula is C19H17N3O5. The Kier molecular flexibility index (Phi) is 4.02. The van der Waals surface area contributed by atoms with Crippen LogP contribution in [0.5, 0.6) is 5.75 Å². The summed E-state index contributed by atoms with van der Waals surface area (Å²) in [7, 11) is 1.40. The molecule has 0 aromatic heterocycles. The van der Waals surface area contributed by atoms with Gasteiger partial charge in [0.15, 0.2) is 5.75 Å². The van der Waals surface area contributed by atoms with Gasteiger partial charge in [0.25, 0.3) is 5.69 Å². The lowest BCUT2D eigenvalue weighted by atomic mass is 9.77. The third kappa shape index (κ3) is 2.79. The third-order valence-corrected chi connectivity index (χ3v) is 5.32. The number of ether oxygens (including phenoxy) is 1. The minimum atomic E-state index is -0.452. The van der Waals surface area contributed by atoms with Crippen LogP contribution in [0.4, 0.5) is 17.1 Å². The van der Waals surface area contributed by atoms with E-state index in [0.29, 0.717) is 0 Å². The number of nitrogens with zero attached hydrogens (tertiary/aromatic N) is 2. The van der Waals surface area contributed by atoms with E-state index < -0.39 is 9.85 Å². The lowest BCUT2D eigenvalue weighted by Gasteiger charge is -2.37. The van der Waals surface area contributed by atoms with Gasteiger partial charge in [0.05, 0.1) is 23.0 Å². The largest absolute Gasteiger partial charge is 0.490 e. The molecule has 2 aromatic rings. The number of benzene rings is 2. The van der Waals surface area contributed by atoms with E-state index in [1.165, 1.54) is 13.2 Å². The predicted octanol–water partition coefficient (Wildman–Crippen LogP) is 4.34. The lowest BCUT2D eigenvalue weighted by Crippen LogP contribution is -2.29. The van der Waals surface area contributed by atoms with Gasteiger partial charge in [-0.3, -0.25) is 20.2 Å². The van der Waals surface area contributed by atoms with E-state index in [1.54, 1.807) is 24.3 Å². The van der Waals surface area contributed by atoms with Crippen molar-refractivity contribution in [3.8, 4) is 5.75 Å². The van der Waals surface area contributed by atoms with Gasteiger partial charge in [0, 0.05) is 29.8 Å². The van der Waals surface area contributed by atoms with E-state index in [9.17, 15) is 20.2 Å². The van der Waals surface area contributed by atoms with E-state index in [1.807, 2.05) is 6.07 Å². The number of nitro benzene ring substituents is 2. The zero-order chi connectivity index (χ0) is 19.1.